The summed E-state index contributed by atoms with van der Waals surface area (Å²) in [6.07, 6.45) is -1.12. The summed E-state index contributed by atoms with van der Waals surface area (Å²) >= 11 is 4.78. The quantitative estimate of drug-likeness (QED) is 0.652. The summed E-state index contributed by atoms with van der Waals surface area (Å²) in [5, 5.41) is 16.6. The highest BCUT2D eigenvalue weighted by Crippen LogP contribution is 2.31. The van der Waals surface area contributed by atoms with Crippen molar-refractivity contribution in [3.63, 3.8) is 0 Å². The lowest BCUT2D eigenvalue weighted by atomic mass is 9.79. The third-order valence-corrected chi connectivity index (χ3v) is 5.32. The van der Waals surface area contributed by atoms with Crippen molar-refractivity contribution in [1.29, 1.82) is 0 Å². The van der Waals surface area contributed by atoms with E-state index in [0.717, 1.165) is 9.35 Å². The standard InChI is InChI=1S/C18H21BrN2O3S/c1-18(2,3)15(21-17(23)24)14(11-7-5-4-6-8-11)20-16(22)12-9-13(19)25-10-12/h4-10,14-15,21H,1-3H3,(H,20,22)(H,23,24). The topological polar surface area (TPSA) is 78.4 Å². The molecule has 0 fully saturated rings. The molecule has 0 saturated carbocycles. The Morgan fingerprint density at radius 1 is 1.16 bits per heavy atom. The minimum Gasteiger partial charge on any atom is -0.465 e. The van der Waals surface area contributed by atoms with Gasteiger partial charge in [-0.3, -0.25) is 4.79 Å². The van der Waals surface area contributed by atoms with E-state index in [2.05, 4.69) is 26.6 Å². The number of hydrogen-bond donors (Lipinski definition) is 3. The average molecular weight is 425 g/mol. The van der Waals surface area contributed by atoms with E-state index in [-0.39, 0.29) is 5.91 Å². The van der Waals surface area contributed by atoms with E-state index >= 15 is 0 Å². The first kappa shape index (κ1) is 19.5. The Bertz CT molecular complexity index is 740. The van der Waals surface area contributed by atoms with Crippen LogP contribution in [0.25, 0.3) is 0 Å². The van der Waals surface area contributed by atoms with Gasteiger partial charge in [-0.15, -0.1) is 11.3 Å². The van der Waals surface area contributed by atoms with E-state index < -0.39 is 23.6 Å². The number of halogens is 1. The molecule has 0 aliphatic carbocycles. The summed E-state index contributed by atoms with van der Waals surface area (Å²) in [6, 6.07) is 10.1. The molecule has 0 saturated heterocycles. The molecular weight excluding hydrogens is 404 g/mol. The number of benzene rings is 1. The van der Waals surface area contributed by atoms with Crippen LogP contribution >= 0.6 is 27.3 Å². The lowest BCUT2D eigenvalue weighted by Crippen LogP contribution is -2.52. The summed E-state index contributed by atoms with van der Waals surface area (Å²) in [5.74, 6) is -0.239. The molecule has 0 aliphatic heterocycles. The zero-order valence-corrected chi connectivity index (χ0v) is 16.6. The van der Waals surface area contributed by atoms with Gasteiger partial charge in [0.2, 0.25) is 0 Å². The van der Waals surface area contributed by atoms with Gasteiger partial charge in [-0.1, -0.05) is 51.1 Å². The van der Waals surface area contributed by atoms with Crippen LogP contribution < -0.4 is 10.6 Å². The van der Waals surface area contributed by atoms with Crippen molar-refractivity contribution in [2.45, 2.75) is 32.9 Å². The summed E-state index contributed by atoms with van der Waals surface area (Å²) in [6.45, 7) is 5.82. The second-order valence-electron chi connectivity index (χ2n) is 6.79. The molecule has 7 heteroatoms. The molecule has 0 aliphatic rings. The van der Waals surface area contributed by atoms with Crippen molar-refractivity contribution in [1.82, 2.24) is 10.6 Å². The fourth-order valence-corrected chi connectivity index (χ4v) is 3.74. The van der Waals surface area contributed by atoms with Gasteiger partial charge in [0, 0.05) is 5.38 Å². The summed E-state index contributed by atoms with van der Waals surface area (Å²) < 4.78 is 0.866. The SMILES string of the molecule is CC(C)(C)C(NC(=O)O)C(NC(=O)c1csc(Br)c1)c1ccccc1. The Balaban J connectivity index is 2.38. The predicted octanol–water partition coefficient (Wildman–Crippen LogP) is 4.66. The zero-order chi connectivity index (χ0) is 18.6. The van der Waals surface area contributed by atoms with Crippen LogP contribution in [0.15, 0.2) is 45.6 Å². The number of carbonyl (C=O) groups excluding carboxylic acids is 1. The van der Waals surface area contributed by atoms with Crippen LogP contribution in [0.2, 0.25) is 0 Å². The van der Waals surface area contributed by atoms with Gasteiger partial charge in [0.25, 0.3) is 5.91 Å². The average Bonchev–Trinajstić information content (AvgIpc) is 2.97. The zero-order valence-electron chi connectivity index (χ0n) is 14.2. The van der Waals surface area contributed by atoms with Crippen LogP contribution in [0.3, 0.4) is 0 Å². The molecule has 2 unspecified atom stereocenters. The van der Waals surface area contributed by atoms with Gasteiger partial charge in [-0.05, 0) is 33.0 Å². The Hall–Kier alpha value is -1.86. The van der Waals surface area contributed by atoms with E-state index in [1.807, 2.05) is 51.1 Å². The molecule has 3 N–H and O–H groups in total. The first-order chi connectivity index (χ1) is 11.7. The number of carbonyl (C=O) groups is 2. The van der Waals surface area contributed by atoms with Crippen molar-refractivity contribution >= 4 is 39.3 Å². The van der Waals surface area contributed by atoms with E-state index in [4.69, 9.17) is 0 Å². The van der Waals surface area contributed by atoms with E-state index in [1.165, 1.54) is 11.3 Å². The Kier molecular flexibility index (Phi) is 6.24. The lowest BCUT2D eigenvalue weighted by molar-refractivity contribution is 0.0901. The highest BCUT2D eigenvalue weighted by Gasteiger charge is 2.35. The number of hydrogen-bond acceptors (Lipinski definition) is 3. The molecule has 1 heterocycles. The maximum absolute atomic E-state index is 12.7. The molecule has 1 aromatic heterocycles. The van der Waals surface area contributed by atoms with Crippen molar-refractivity contribution < 1.29 is 14.7 Å². The second kappa shape index (κ2) is 8.01. The molecule has 0 bridgehead atoms. The predicted molar refractivity (Wildman–Crippen MR) is 103 cm³/mol. The molecule has 2 amide bonds. The molecule has 2 rings (SSSR count). The van der Waals surface area contributed by atoms with Gasteiger partial charge >= 0.3 is 6.09 Å². The number of carboxylic acid groups (broad SMARTS) is 1. The third-order valence-electron chi connectivity index (χ3n) is 3.82. The monoisotopic (exact) mass is 424 g/mol. The third kappa shape index (κ3) is 5.31. The van der Waals surface area contributed by atoms with Crippen LogP contribution in [0.1, 0.15) is 42.7 Å². The minimum atomic E-state index is -1.12. The molecule has 0 radical (unpaired) electrons. The minimum absolute atomic E-state index is 0.239. The van der Waals surface area contributed by atoms with Crippen molar-refractivity contribution in [2.75, 3.05) is 0 Å². The van der Waals surface area contributed by atoms with Gasteiger partial charge in [0.05, 0.1) is 21.4 Å². The van der Waals surface area contributed by atoms with Crippen LogP contribution in [0.4, 0.5) is 4.79 Å². The van der Waals surface area contributed by atoms with Crippen molar-refractivity contribution in [3.05, 3.63) is 56.7 Å². The smallest absolute Gasteiger partial charge is 0.404 e. The summed E-state index contributed by atoms with van der Waals surface area (Å²) in [4.78, 5) is 24.0. The van der Waals surface area contributed by atoms with E-state index in [1.54, 1.807) is 11.4 Å². The Morgan fingerprint density at radius 2 is 1.80 bits per heavy atom. The Labute approximate surface area is 159 Å². The van der Waals surface area contributed by atoms with Crippen molar-refractivity contribution in [3.8, 4) is 0 Å². The first-order valence-electron chi connectivity index (χ1n) is 7.78. The molecule has 134 valence electrons. The van der Waals surface area contributed by atoms with Gasteiger partial charge in [0.1, 0.15) is 0 Å². The Morgan fingerprint density at radius 3 is 2.28 bits per heavy atom. The van der Waals surface area contributed by atoms with Gasteiger partial charge in [-0.2, -0.15) is 0 Å². The van der Waals surface area contributed by atoms with Crippen LogP contribution in [-0.4, -0.2) is 23.1 Å². The maximum Gasteiger partial charge on any atom is 0.404 e. The largest absolute Gasteiger partial charge is 0.465 e. The molecule has 25 heavy (non-hydrogen) atoms. The summed E-state index contributed by atoms with van der Waals surface area (Å²) in [5.41, 5.74) is 0.987. The van der Waals surface area contributed by atoms with Crippen molar-refractivity contribution in [2.24, 2.45) is 5.41 Å². The normalized spacial score (nSPS) is 13.8. The number of thiophene rings is 1. The highest BCUT2D eigenvalue weighted by molar-refractivity contribution is 9.11. The molecule has 2 atom stereocenters. The molecule has 2 aromatic rings. The van der Waals surface area contributed by atoms with Crippen LogP contribution in [0, 0.1) is 5.41 Å². The summed E-state index contributed by atoms with van der Waals surface area (Å²) in [7, 11) is 0. The van der Waals surface area contributed by atoms with Gasteiger partial charge < -0.3 is 15.7 Å². The van der Waals surface area contributed by atoms with Crippen LogP contribution in [-0.2, 0) is 0 Å². The highest BCUT2D eigenvalue weighted by atomic mass is 79.9. The maximum atomic E-state index is 12.7. The van der Waals surface area contributed by atoms with Gasteiger partial charge in [-0.25, -0.2) is 4.79 Å². The number of nitrogens with one attached hydrogen (secondary N) is 2. The van der Waals surface area contributed by atoms with Gasteiger partial charge in [0.15, 0.2) is 0 Å². The fraction of sp³-hybridized carbons (Fsp3) is 0.333. The molecule has 0 spiro atoms. The number of amides is 2. The van der Waals surface area contributed by atoms with Crippen LogP contribution in [0.5, 0.6) is 0 Å². The lowest BCUT2D eigenvalue weighted by Gasteiger charge is -2.37. The molecule has 1 aromatic carbocycles. The number of rotatable bonds is 5. The second-order valence-corrected chi connectivity index (χ2v) is 9.08. The fourth-order valence-electron chi connectivity index (χ4n) is 2.61. The molecular formula is C18H21BrN2O3S. The van der Waals surface area contributed by atoms with E-state index in [0.29, 0.717) is 5.56 Å². The first-order valence-corrected chi connectivity index (χ1v) is 9.45. The van der Waals surface area contributed by atoms with E-state index in [9.17, 15) is 14.7 Å². The molecule has 5 nitrogen and oxygen atoms in total.